The van der Waals surface area contributed by atoms with Gasteiger partial charge in [0.25, 0.3) is 0 Å². The van der Waals surface area contributed by atoms with E-state index in [9.17, 15) is 19.8 Å². The van der Waals surface area contributed by atoms with Gasteiger partial charge >= 0.3 is 5.97 Å². The molecule has 6 nitrogen and oxygen atoms in total. The van der Waals surface area contributed by atoms with Crippen LogP contribution < -0.4 is 5.32 Å². The summed E-state index contributed by atoms with van der Waals surface area (Å²) in [4.78, 5) is 24.6. The second-order valence-electron chi connectivity index (χ2n) is 22.8. The summed E-state index contributed by atoms with van der Waals surface area (Å²) in [7, 11) is 0. The standard InChI is InChI=1S/C65H129NO5/c1-3-5-7-9-11-13-15-17-19-20-28-31-35-39-43-47-51-55-59-65(70)71-60-56-52-48-44-40-36-32-29-26-24-22-21-23-25-27-30-34-38-42-46-50-54-58-64(69)66-62(61-67)63(68)57-53-49-45-41-37-33-18-16-14-12-10-8-6-4-2/h62-63,67-68H,3-61H2,1-2H3,(H,66,69). The van der Waals surface area contributed by atoms with Gasteiger partial charge in [0.2, 0.25) is 5.91 Å². The van der Waals surface area contributed by atoms with Gasteiger partial charge in [0.15, 0.2) is 0 Å². The molecule has 0 aliphatic carbocycles. The Kier molecular flexibility index (Phi) is 60.4. The predicted octanol–water partition coefficient (Wildman–Crippen LogP) is 20.6. The van der Waals surface area contributed by atoms with E-state index in [0.717, 1.165) is 38.5 Å². The Morgan fingerprint density at radius 3 is 0.859 bits per heavy atom. The third-order valence-electron chi connectivity index (χ3n) is 15.7. The van der Waals surface area contributed by atoms with Crippen molar-refractivity contribution in [2.24, 2.45) is 0 Å². The second kappa shape index (κ2) is 61.4. The molecule has 3 N–H and O–H groups in total. The SMILES string of the molecule is CCCCCCCCCCCCCCCCCCCCC(=O)OCCCCCCCCCCCCCCCCCCCCCCCCC(=O)NC(CO)C(O)CCCCCCCCCCCCCCCC. The van der Waals surface area contributed by atoms with Crippen LogP contribution in [0.2, 0.25) is 0 Å². The summed E-state index contributed by atoms with van der Waals surface area (Å²) in [5.41, 5.74) is 0. The minimum atomic E-state index is -0.663. The molecule has 0 aromatic rings. The van der Waals surface area contributed by atoms with Gasteiger partial charge < -0.3 is 20.3 Å². The van der Waals surface area contributed by atoms with Crippen LogP contribution >= 0.6 is 0 Å². The van der Waals surface area contributed by atoms with Gasteiger partial charge in [-0.15, -0.1) is 0 Å². The van der Waals surface area contributed by atoms with Gasteiger partial charge in [-0.05, 0) is 25.7 Å². The summed E-state index contributed by atoms with van der Waals surface area (Å²) in [5.74, 6) is -0.0133. The Hall–Kier alpha value is -1.14. The van der Waals surface area contributed by atoms with Crippen LogP contribution in [0.25, 0.3) is 0 Å². The van der Waals surface area contributed by atoms with E-state index in [1.807, 2.05) is 0 Å². The molecule has 1 amide bonds. The number of ether oxygens (including phenoxy) is 1. The van der Waals surface area contributed by atoms with E-state index >= 15 is 0 Å². The van der Waals surface area contributed by atoms with Crippen molar-refractivity contribution in [1.82, 2.24) is 5.32 Å². The van der Waals surface area contributed by atoms with Crippen molar-refractivity contribution in [2.75, 3.05) is 13.2 Å². The number of amides is 1. The van der Waals surface area contributed by atoms with Crippen LogP contribution in [0.1, 0.15) is 380 Å². The number of hydrogen-bond donors (Lipinski definition) is 3. The quantitative estimate of drug-likeness (QED) is 0.0417. The number of carbonyl (C=O) groups excluding carboxylic acids is 2. The zero-order chi connectivity index (χ0) is 51.4. The molecule has 6 heteroatoms. The van der Waals surface area contributed by atoms with Crippen LogP contribution in [0.3, 0.4) is 0 Å². The first-order valence-electron chi connectivity index (χ1n) is 32.8. The van der Waals surface area contributed by atoms with E-state index in [0.29, 0.717) is 25.9 Å². The Labute approximate surface area is 445 Å². The number of esters is 1. The third-order valence-corrected chi connectivity index (χ3v) is 15.7. The van der Waals surface area contributed by atoms with Crippen molar-refractivity contribution in [1.29, 1.82) is 0 Å². The van der Waals surface area contributed by atoms with Crippen LogP contribution in [0, 0.1) is 0 Å². The summed E-state index contributed by atoms with van der Waals surface area (Å²) in [6.45, 7) is 4.99. The average Bonchev–Trinajstić information content (AvgIpc) is 3.37. The molecule has 0 bridgehead atoms. The number of nitrogens with one attached hydrogen (secondary N) is 1. The van der Waals surface area contributed by atoms with E-state index in [1.165, 1.54) is 308 Å². The third kappa shape index (κ3) is 58.0. The highest BCUT2D eigenvalue weighted by Gasteiger charge is 2.20. The minimum Gasteiger partial charge on any atom is -0.466 e. The van der Waals surface area contributed by atoms with Crippen LogP contribution in [-0.4, -0.2) is 47.4 Å². The second-order valence-corrected chi connectivity index (χ2v) is 22.8. The van der Waals surface area contributed by atoms with Crippen molar-refractivity contribution in [3.63, 3.8) is 0 Å². The molecule has 0 heterocycles. The molecule has 0 aromatic carbocycles. The van der Waals surface area contributed by atoms with E-state index in [1.54, 1.807) is 0 Å². The van der Waals surface area contributed by atoms with Crippen LogP contribution in [-0.2, 0) is 14.3 Å². The monoisotopic (exact) mass is 1000 g/mol. The summed E-state index contributed by atoms with van der Waals surface area (Å²) in [6.07, 6.45) is 72.7. The fraction of sp³-hybridized carbons (Fsp3) is 0.969. The molecule has 0 radical (unpaired) electrons. The maximum Gasteiger partial charge on any atom is 0.305 e. The molecule has 0 saturated carbocycles. The van der Waals surface area contributed by atoms with E-state index < -0.39 is 12.1 Å². The smallest absolute Gasteiger partial charge is 0.305 e. The first-order valence-corrected chi connectivity index (χ1v) is 32.8. The van der Waals surface area contributed by atoms with Gasteiger partial charge in [-0.1, -0.05) is 341 Å². The molecule has 0 aliphatic heterocycles. The molecule has 2 atom stereocenters. The molecule has 71 heavy (non-hydrogen) atoms. The Bertz CT molecular complexity index is 1020. The summed E-state index contributed by atoms with van der Waals surface area (Å²) in [5, 5.41) is 23.3. The van der Waals surface area contributed by atoms with Crippen LogP contribution in [0.4, 0.5) is 0 Å². The van der Waals surface area contributed by atoms with Gasteiger partial charge in [0.1, 0.15) is 0 Å². The molecular formula is C65H129NO5. The highest BCUT2D eigenvalue weighted by atomic mass is 16.5. The zero-order valence-corrected chi connectivity index (χ0v) is 48.5. The Balaban J connectivity index is 3.34. The highest BCUT2D eigenvalue weighted by Crippen LogP contribution is 2.19. The molecular weight excluding hydrogens is 875 g/mol. The van der Waals surface area contributed by atoms with Crippen molar-refractivity contribution in [3.05, 3.63) is 0 Å². The fourth-order valence-corrected chi connectivity index (χ4v) is 10.6. The Morgan fingerprint density at radius 2 is 0.577 bits per heavy atom. The number of hydrogen-bond acceptors (Lipinski definition) is 5. The first-order chi connectivity index (χ1) is 35.0. The number of carbonyl (C=O) groups is 2. The zero-order valence-electron chi connectivity index (χ0n) is 48.5. The van der Waals surface area contributed by atoms with Crippen molar-refractivity contribution >= 4 is 11.9 Å². The molecule has 0 aromatic heterocycles. The number of aliphatic hydroxyl groups excluding tert-OH is 2. The summed E-state index contributed by atoms with van der Waals surface area (Å²) < 4.78 is 5.51. The molecule has 424 valence electrons. The highest BCUT2D eigenvalue weighted by molar-refractivity contribution is 5.76. The Morgan fingerprint density at radius 1 is 0.338 bits per heavy atom. The lowest BCUT2D eigenvalue weighted by Gasteiger charge is -2.22. The van der Waals surface area contributed by atoms with Gasteiger partial charge in [-0.2, -0.15) is 0 Å². The lowest BCUT2D eigenvalue weighted by atomic mass is 10.0. The van der Waals surface area contributed by atoms with Crippen LogP contribution in [0.15, 0.2) is 0 Å². The van der Waals surface area contributed by atoms with Gasteiger partial charge in [0.05, 0.1) is 25.4 Å². The lowest BCUT2D eigenvalue weighted by Crippen LogP contribution is -2.45. The molecule has 0 rings (SSSR count). The molecule has 2 unspecified atom stereocenters. The molecule has 0 spiro atoms. The fourth-order valence-electron chi connectivity index (χ4n) is 10.6. The summed E-state index contributed by atoms with van der Waals surface area (Å²) in [6, 6.07) is -0.540. The number of aliphatic hydroxyl groups is 2. The van der Waals surface area contributed by atoms with Crippen molar-refractivity contribution < 1.29 is 24.5 Å². The lowest BCUT2D eigenvalue weighted by molar-refractivity contribution is -0.143. The number of rotatable bonds is 62. The van der Waals surface area contributed by atoms with Crippen LogP contribution in [0.5, 0.6) is 0 Å². The van der Waals surface area contributed by atoms with E-state index in [2.05, 4.69) is 19.2 Å². The summed E-state index contributed by atoms with van der Waals surface area (Å²) >= 11 is 0. The number of unbranched alkanes of at least 4 members (excludes halogenated alkanes) is 51. The normalized spacial score (nSPS) is 12.5. The van der Waals surface area contributed by atoms with Crippen molar-refractivity contribution in [3.8, 4) is 0 Å². The average molecular weight is 1000 g/mol. The van der Waals surface area contributed by atoms with Gasteiger partial charge in [0, 0.05) is 12.8 Å². The van der Waals surface area contributed by atoms with Gasteiger partial charge in [-0.25, -0.2) is 0 Å². The topological polar surface area (TPSA) is 95.9 Å². The largest absolute Gasteiger partial charge is 0.466 e. The minimum absolute atomic E-state index is 0.0188. The van der Waals surface area contributed by atoms with E-state index in [-0.39, 0.29) is 18.5 Å². The van der Waals surface area contributed by atoms with Crippen molar-refractivity contribution in [2.45, 2.75) is 392 Å². The maximum absolute atomic E-state index is 12.5. The van der Waals surface area contributed by atoms with E-state index in [4.69, 9.17) is 4.74 Å². The predicted molar refractivity (Wildman–Crippen MR) is 310 cm³/mol. The maximum atomic E-state index is 12.5. The molecule has 0 aliphatic rings. The first kappa shape index (κ1) is 69.9. The molecule has 0 saturated heterocycles. The van der Waals surface area contributed by atoms with Gasteiger partial charge in [-0.3, -0.25) is 9.59 Å². The molecule has 0 fully saturated rings.